The van der Waals surface area contributed by atoms with Gasteiger partial charge in [0, 0.05) is 10.2 Å². The Bertz CT molecular complexity index is 1290. The summed E-state index contributed by atoms with van der Waals surface area (Å²) in [5.41, 5.74) is 4.66. The van der Waals surface area contributed by atoms with E-state index in [0.29, 0.717) is 22.3 Å². The second-order valence-electron chi connectivity index (χ2n) is 6.66. The molecule has 0 bridgehead atoms. The van der Waals surface area contributed by atoms with Crippen LogP contribution in [0, 0.1) is 0 Å². The number of nitrogen functional groups attached to an aromatic ring is 1. The van der Waals surface area contributed by atoms with Gasteiger partial charge < -0.3 is 15.2 Å². The maximum absolute atomic E-state index is 12.3. The molecule has 0 unspecified atom stereocenters. The van der Waals surface area contributed by atoms with Crippen molar-refractivity contribution in [1.82, 2.24) is 14.8 Å². The normalized spacial score (nSPS) is 10.7. The average molecular weight is 559 g/mol. The summed E-state index contributed by atoms with van der Waals surface area (Å²) in [6.07, 6.45) is 0.615. The molecule has 0 atom stereocenters. The number of nitrogens with zero attached hydrogens (tertiary/aromatic N) is 2. The van der Waals surface area contributed by atoms with Crippen LogP contribution < -0.4 is 27.0 Å². The monoisotopic (exact) mass is 557 g/mol. The highest BCUT2D eigenvalue weighted by atomic mass is 79.9. The Kier molecular flexibility index (Phi) is 8.01. The number of halogens is 3. The Morgan fingerprint density at radius 2 is 1.94 bits per heavy atom. The van der Waals surface area contributed by atoms with Gasteiger partial charge in [0.05, 0.1) is 22.3 Å². The van der Waals surface area contributed by atoms with Crippen LogP contribution in [0.4, 0.5) is 16.3 Å². The second kappa shape index (κ2) is 10.7. The molecule has 1 amide bonds. The van der Waals surface area contributed by atoms with E-state index in [2.05, 4.69) is 31.3 Å². The summed E-state index contributed by atoms with van der Waals surface area (Å²) < 4.78 is 12.1. The molecule has 0 saturated heterocycles. The summed E-state index contributed by atoms with van der Waals surface area (Å²) >= 11 is 16.0. The molecule has 1 heterocycles. The van der Waals surface area contributed by atoms with E-state index in [1.165, 1.54) is 12.1 Å². The number of H-pyrrole nitrogens is 1. The van der Waals surface area contributed by atoms with Crippen LogP contribution in [0.25, 0.3) is 5.69 Å². The van der Waals surface area contributed by atoms with Crippen molar-refractivity contribution in [2.24, 2.45) is 0 Å². The van der Waals surface area contributed by atoms with E-state index >= 15 is 0 Å². The summed E-state index contributed by atoms with van der Waals surface area (Å²) in [5.74, 6) is 0.115. The molecule has 174 valence electrons. The summed E-state index contributed by atoms with van der Waals surface area (Å²) in [7, 11) is 0. The zero-order valence-corrected chi connectivity index (χ0v) is 20.3. The minimum absolute atomic E-state index is 0.0684. The van der Waals surface area contributed by atoms with E-state index in [1.54, 1.807) is 18.2 Å². The van der Waals surface area contributed by atoms with Gasteiger partial charge >= 0.3 is 11.8 Å². The number of carbonyl (C=O) groups is 1. The third-order valence-electron chi connectivity index (χ3n) is 4.20. The van der Waals surface area contributed by atoms with Gasteiger partial charge in [-0.3, -0.25) is 15.1 Å². The maximum Gasteiger partial charge on any atom is 0.413 e. The highest BCUT2D eigenvalue weighted by molar-refractivity contribution is 9.10. The molecule has 3 aromatic rings. The number of anilines is 2. The number of unbranched alkanes of at least 4 members (excludes halogenated alkanes) is 1. The van der Waals surface area contributed by atoms with E-state index in [-0.39, 0.29) is 28.1 Å². The van der Waals surface area contributed by atoms with Crippen LogP contribution in [0.3, 0.4) is 0 Å². The molecule has 0 spiro atoms. The van der Waals surface area contributed by atoms with Gasteiger partial charge in [-0.25, -0.2) is 9.59 Å². The molecule has 13 heteroatoms. The van der Waals surface area contributed by atoms with Crippen molar-refractivity contribution in [3.63, 3.8) is 0 Å². The fourth-order valence-electron chi connectivity index (χ4n) is 2.55. The summed E-state index contributed by atoms with van der Waals surface area (Å²) in [6.45, 7) is 2.11. The quantitative estimate of drug-likeness (QED) is 0.281. The molecule has 0 aliphatic carbocycles. The van der Waals surface area contributed by atoms with E-state index in [0.717, 1.165) is 11.1 Å². The molecule has 2 aromatic carbocycles. The molecule has 0 aliphatic rings. The number of benzene rings is 2. The van der Waals surface area contributed by atoms with Gasteiger partial charge in [-0.1, -0.05) is 36.5 Å². The first-order chi connectivity index (χ1) is 15.7. The Labute approximate surface area is 205 Å². The fourth-order valence-corrected chi connectivity index (χ4v) is 3.46. The van der Waals surface area contributed by atoms with E-state index in [1.807, 2.05) is 6.92 Å². The Balaban J connectivity index is 1.91. The van der Waals surface area contributed by atoms with Crippen molar-refractivity contribution in [3.8, 4) is 17.2 Å². The molecule has 33 heavy (non-hydrogen) atoms. The van der Waals surface area contributed by atoms with Crippen molar-refractivity contribution >= 4 is 56.7 Å². The lowest BCUT2D eigenvalue weighted by Crippen LogP contribution is -2.34. The number of nitrogens with one attached hydrogen (secondary N) is 2. The van der Waals surface area contributed by atoms with E-state index < -0.39 is 23.2 Å². The number of nitrogens with two attached hydrogens (primary N) is 1. The highest BCUT2D eigenvalue weighted by Crippen LogP contribution is 2.39. The smallest absolute Gasteiger partial charge is 0.413 e. The van der Waals surface area contributed by atoms with Crippen LogP contribution in [-0.4, -0.2) is 27.5 Å². The van der Waals surface area contributed by atoms with Crippen molar-refractivity contribution in [1.29, 1.82) is 0 Å². The number of carbonyl (C=O) groups excluding carboxylic acids is 1. The fraction of sp³-hybridized carbons (Fsp3) is 0.200. The average Bonchev–Trinajstić information content (AvgIpc) is 2.75. The van der Waals surface area contributed by atoms with Crippen LogP contribution in [-0.2, 0) is 4.74 Å². The van der Waals surface area contributed by atoms with E-state index in [9.17, 15) is 14.4 Å². The third-order valence-corrected chi connectivity index (χ3v) is 5.45. The second-order valence-corrected chi connectivity index (χ2v) is 8.33. The topological polar surface area (TPSA) is 141 Å². The lowest BCUT2D eigenvalue weighted by Gasteiger charge is -2.13. The number of amides is 1. The number of aromatic nitrogens is 3. The molecular formula is C20H18BrCl2N5O5. The lowest BCUT2D eigenvalue weighted by atomic mass is 10.3. The molecule has 0 aliphatic heterocycles. The minimum atomic E-state index is -0.894. The van der Waals surface area contributed by atoms with Crippen LogP contribution >= 0.6 is 39.1 Å². The van der Waals surface area contributed by atoms with Crippen molar-refractivity contribution in [3.05, 3.63) is 65.7 Å². The van der Waals surface area contributed by atoms with Gasteiger partial charge in [-0.05, 0) is 52.7 Å². The summed E-state index contributed by atoms with van der Waals surface area (Å²) in [6, 6.07) is 7.64. The van der Waals surface area contributed by atoms with Gasteiger partial charge in [-0.15, -0.1) is 5.10 Å². The molecule has 4 N–H and O–H groups in total. The molecule has 0 radical (unpaired) electrons. The zero-order chi connectivity index (χ0) is 24.1. The maximum atomic E-state index is 12.3. The first kappa shape index (κ1) is 24.6. The number of rotatable bonds is 7. The van der Waals surface area contributed by atoms with Gasteiger partial charge in [0.2, 0.25) is 5.82 Å². The first-order valence-electron chi connectivity index (χ1n) is 9.59. The largest absolute Gasteiger partial charge is 0.454 e. The zero-order valence-electron chi connectivity index (χ0n) is 17.2. The van der Waals surface area contributed by atoms with Crippen molar-refractivity contribution in [2.45, 2.75) is 19.8 Å². The summed E-state index contributed by atoms with van der Waals surface area (Å²) in [5, 5.41) is 6.24. The number of hydrogen-bond donors (Lipinski definition) is 3. The van der Waals surface area contributed by atoms with Crippen LogP contribution in [0.2, 0.25) is 10.0 Å². The Hall–Kier alpha value is -3.02. The highest BCUT2D eigenvalue weighted by Gasteiger charge is 2.16. The predicted molar refractivity (Wildman–Crippen MR) is 129 cm³/mol. The third kappa shape index (κ3) is 6.06. The van der Waals surface area contributed by atoms with Gasteiger partial charge in [0.15, 0.2) is 5.75 Å². The Morgan fingerprint density at radius 1 is 1.24 bits per heavy atom. The standard InChI is InChI=1S/C20H18BrCl2N5O5/c1-2-3-6-32-20(31)25-17-18(29)26-19(30)28(27-17)10-7-13(22)16(14(23)8-10)33-11-4-5-15(24)12(21)9-11/h4-5,7-9H,2-3,6,24H2,1H3,(H,25,27,31)(H,26,29,30). The van der Waals surface area contributed by atoms with Crippen LogP contribution in [0.15, 0.2) is 44.4 Å². The van der Waals surface area contributed by atoms with Gasteiger partial charge in [-0.2, -0.15) is 4.68 Å². The molecule has 3 rings (SSSR count). The molecule has 10 nitrogen and oxygen atoms in total. The number of ether oxygens (including phenoxy) is 2. The Morgan fingerprint density at radius 3 is 2.58 bits per heavy atom. The molecule has 0 fully saturated rings. The SMILES string of the molecule is CCCCOC(=O)Nc1nn(-c2cc(Cl)c(Oc3ccc(N)c(Br)c3)c(Cl)c2)c(=O)[nH]c1=O. The minimum Gasteiger partial charge on any atom is -0.454 e. The lowest BCUT2D eigenvalue weighted by molar-refractivity contribution is 0.159. The number of aromatic amines is 1. The number of hydrogen-bond acceptors (Lipinski definition) is 7. The molecular weight excluding hydrogens is 541 g/mol. The molecule has 0 saturated carbocycles. The van der Waals surface area contributed by atoms with Crippen molar-refractivity contribution < 1.29 is 14.3 Å². The van der Waals surface area contributed by atoms with Gasteiger partial charge in [0.25, 0.3) is 5.56 Å². The van der Waals surface area contributed by atoms with E-state index in [4.69, 9.17) is 38.4 Å². The van der Waals surface area contributed by atoms with Crippen LogP contribution in [0.5, 0.6) is 11.5 Å². The molecule has 1 aromatic heterocycles. The van der Waals surface area contributed by atoms with Crippen LogP contribution in [0.1, 0.15) is 19.8 Å². The van der Waals surface area contributed by atoms with Gasteiger partial charge in [0.1, 0.15) is 5.75 Å². The predicted octanol–water partition coefficient (Wildman–Crippen LogP) is 4.71. The summed E-state index contributed by atoms with van der Waals surface area (Å²) in [4.78, 5) is 38.3. The first-order valence-corrected chi connectivity index (χ1v) is 11.1. The van der Waals surface area contributed by atoms with Crippen molar-refractivity contribution in [2.75, 3.05) is 17.7 Å².